The standard InChI is InChI=1S/C20H20NO6P.C14H15O4P/c1-23-17-9-3-5-11-19(17)26-28(25-14-15-16(22)8-7-13-21-15)27-20-12-6-4-10-18(20)24-2;1-15-11-7-3-5-9-13(11)17-19-18-14-10-6-4-8-12(14)16-2/h3-13,22H,14H2,1-2H3;3-10,19H,1-2H3. The van der Waals surface area contributed by atoms with E-state index in [9.17, 15) is 5.11 Å². The van der Waals surface area contributed by atoms with Gasteiger partial charge in [0, 0.05) is 6.20 Å². The third-order valence-corrected chi connectivity index (χ3v) is 7.74. The summed E-state index contributed by atoms with van der Waals surface area (Å²) in [6, 6.07) is 32.4. The normalized spacial score (nSPS) is 10.2. The van der Waals surface area contributed by atoms with Crippen LogP contribution in [0.5, 0.6) is 51.7 Å². The van der Waals surface area contributed by atoms with Crippen molar-refractivity contribution in [3.05, 3.63) is 121 Å². The van der Waals surface area contributed by atoms with E-state index in [1.807, 2.05) is 72.8 Å². The van der Waals surface area contributed by atoms with Gasteiger partial charge >= 0.3 is 8.60 Å². The number of ether oxygens (including phenoxy) is 4. The van der Waals surface area contributed by atoms with E-state index in [0.29, 0.717) is 51.7 Å². The molecular formula is C34H35NO10P2. The lowest BCUT2D eigenvalue weighted by molar-refractivity contribution is 0.243. The molecule has 1 N–H and O–H groups in total. The summed E-state index contributed by atoms with van der Waals surface area (Å²) in [5.41, 5.74) is 0.377. The molecule has 0 aliphatic heterocycles. The summed E-state index contributed by atoms with van der Waals surface area (Å²) in [5.74, 6) is 4.72. The first-order valence-corrected chi connectivity index (χ1v) is 16.0. The zero-order chi connectivity index (χ0) is 33.3. The zero-order valence-corrected chi connectivity index (χ0v) is 28.1. The smallest absolute Gasteiger partial charge is 0.463 e. The van der Waals surface area contributed by atoms with E-state index in [1.165, 1.54) is 6.07 Å². The van der Waals surface area contributed by atoms with Crippen LogP contribution in [0.3, 0.4) is 0 Å². The second-order valence-electron chi connectivity index (χ2n) is 9.04. The molecule has 0 saturated heterocycles. The van der Waals surface area contributed by atoms with Gasteiger partial charge in [-0.15, -0.1) is 0 Å². The van der Waals surface area contributed by atoms with Crippen LogP contribution in [0.4, 0.5) is 0 Å². The van der Waals surface area contributed by atoms with Gasteiger partial charge in [0.25, 0.3) is 9.03 Å². The van der Waals surface area contributed by atoms with Crippen molar-refractivity contribution in [3.63, 3.8) is 0 Å². The highest BCUT2D eigenvalue weighted by Crippen LogP contribution is 2.47. The molecular weight excluding hydrogens is 644 g/mol. The molecule has 1 aromatic heterocycles. The zero-order valence-electron chi connectivity index (χ0n) is 26.2. The van der Waals surface area contributed by atoms with Crippen LogP contribution in [0.15, 0.2) is 115 Å². The maximum Gasteiger partial charge on any atom is 0.463 e. The van der Waals surface area contributed by atoms with Gasteiger partial charge in [-0.05, 0) is 60.7 Å². The summed E-state index contributed by atoms with van der Waals surface area (Å²) in [7, 11) is 4.24. The lowest BCUT2D eigenvalue weighted by atomic mass is 10.3. The van der Waals surface area contributed by atoms with E-state index in [4.69, 9.17) is 41.6 Å². The van der Waals surface area contributed by atoms with E-state index in [2.05, 4.69) is 4.98 Å². The first kappa shape index (κ1) is 34.9. The molecule has 47 heavy (non-hydrogen) atoms. The van der Waals surface area contributed by atoms with Gasteiger partial charge in [-0.3, -0.25) is 9.51 Å². The van der Waals surface area contributed by atoms with Crippen molar-refractivity contribution >= 4 is 17.6 Å². The fourth-order valence-corrected chi connectivity index (χ4v) is 5.34. The Kier molecular flexibility index (Phi) is 14.0. The molecule has 13 heteroatoms. The molecule has 0 radical (unpaired) electrons. The molecule has 4 aromatic carbocycles. The van der Waals surface area contributed by atoms with Crippen LogP contribution < -0.4 is 37.0 Å². The summed E-state index contributed by atoms with van der Waals surface area (Å²) in [6.45, 7) is 0.00265. The number of hydrogen-bond donors (Lipinski definition) is 1. The summed E-state index contributed by atoms with van der Waals surface area (Å²) < 4.78 is 49.8. The second kappa shape index (κ2) is 18.9. The van der Waals surface area contributed by atoms with Crippen molar-refractivity contribution in [2.24, 2.45) is 0 Å². The minimum absolute atomic E-state index is 0.00265. The van der Waals surface area contributed by atoms with Crippen molar-refractivity contribution in [3.8, 4) is 51.7 Å². The largest absolute Gasteiger partial charge is 0.506 e. The van der Waals surface area contributed by atoms with Crippen molar-refractivity contribution < 1.29 is 46.7 Å². The van der Waals surface area contributed by atoms with Crippen molar-refractivity contribution in [2.45, 2.75) is 6.61 Å². The summed E-state index contributed by atoms with van der Waals surface area (Å²) >= 11 is 0. The van der Waals surface area contributed by atoms with Crippen LogP contribution in [0.2, 0.25) is 0 Å². The number of benzene rings is 4. The van der Waals surface area contributed by atoms with Gasteiger partial charge in [-0.1, -0.05) is 48.5 Å². The van der Waals surface area contributed by atoms with E-state index < -0.39 is 8.60 Å². The van der Waals surface area contributed by atoms with Gasteiger partial charge in [0.1, 0.15) is 18.1 Å². The number of para-hydroxylation sites is 8. The first-order valence-electron chi connectivity index (χ1n) is 14.1. The number of aromatic hydroxyl groups is 1. The maximum atomic E-state index is 9.91. The Morgan fingerprint density at radius 1 is 0.532 bits per heavy atom. The molecule has 0 saturated carbocycles. The van der Waals surface area contributed by atoms with Crippen LogP contribution in [0.25, 0.3) is 0 Å². The number of hydrogen-bond acceptors (Lipinski definition) is 11. The van der Waals surface area contributed by atoms with Crippen LogP contribution in [0.1, 0.15) is 5.69 Å². The highest BCUT2D eigenvalue weighted by atomic mass is 31.2. The Morgan fingerprint density at radius 2 is 0.915 bits per heavy atom. The van der Waals surface area contributed by atoms with Gasteiger partial charge < -0.3 is 42.1 Å². The Labute approximate surface area is 276 Å². The van der Waals surface area contributed by atoms with E-state index in [1.54, 1.807) is 65.0 Å². The van der Waals surface area contributed by atoms with Gasteiger partial charge in [-0.25, -0.2) is 0 Å². The molecule has 5 rings (SSSR count). The summed E-state index contributed by atoms with van der Waals surface area (Å²) in [6.07, 6.45) is 1.57. The highest BCUT2D eigenvalue weighted by Gasteiger charge is 2.22. The van der Waals surface area contributed by atoms with Crippen molar-refractivity contribution in [1.82, 2.24) is 4.98 Å². The van der Waals surface area contributed by atoms with Crippen LogP contribution >= 0.6 is 17.6 Å². The summed E-state index contributed by atoms with van der Waals surface area (Å²) in [5, 5.41) is 9.91. The number of nitrogens with zero attached hydrogens (tertiary/aromatic N) is 1. The fourth-order valence-electron chi connectivity index (χ4n) is 3.79. The monoisotopic (exact) mass is 679 g/mol. The average Bonchev–Trinajstić information content (AvgIpc) is 3.12. The predicted octanol–water partition coefficient (Wildman–Crippen LogP) is 8.38. The molecule has 0 aliphatic carbocycles. The Bertz CT molecular complexity index is 1580. The first-order chi connectivity index (χ1) is 23.1. The summed E-state index contributed by atoms with van der Waals surface area (Å²) in [4.78, 5) is 4.11. The minimum Gasteiger partial charge on any atom is -0.506 e. The molecule has 246 valence electrons. The number of aromatic nitrogens is 1. The Morgan fingerprint density at radius 3 is 1.32 bits per heavy atom. The molecule has 0 atom stereocenters. The van der Waals surface area contributed by atoms with Crippen LogP contribution in [-0.2, 0) is 11.1 Å². The van der Waals surface area contributed by atoms with Gasteiger partial charge in [0.15, 0.2) is 46.0 Å². The Balaban J connectivity index is 0.000000229. The molecule has 0 bridgehead atoms. The van der Waals surface area contributed by atoms with Crippen molar-refractivity contribution in [1.29, 1.82) is 0 Å². The molecule has 0 spiro atoms. The molecule has 0 unspecified atom stereocenters. The Hall–Kier alpha value is -4.95. The minimum atomic E-state index is -1.90. The third-order valence-electron chi connectivity index (χ3n) is 6.10. The molecule has 0 amide bonds. The molecule has 5 aromatic rings. The lowest BCUT2D eigenvalue weighted by Gasteiger charge is -2.19. The highest BCUT2D eigenvalue weighted by molar-refractivity contribution is 7.42. The van der Waals surface area contributed by atoms with Crippen molar-refractivity contribution in [2.75, 3.05) is 28.4 Å². The second-order valence-corrected chi connectivity index (χ2v) is 10.7. The van der Waals surface area contributed by atoms with Gasteiger partial charge in [0.05, 0.1) is 28.4 Å². The maximum absolute atomic E-state index is 9.91. The van der Waals surface area contributed by atoms with E-state index >= 15 is 0 Å². The molecule has 0 fully saturated rings. The lowest BCUT2D eigenvalue weighted by Crippen LogP contribution is -2.03. The van der Waals surface area contributed by atoms with Crippen LogP contribution in [-0.4, -0.2) is 38.5 Å². The van der Waals surface area contributed by atoms with Gasteiger partial charge in [0.2, 0.25) is 0 Å². The van der Waals surface area contributed by atoms with E-state index in [-0.39, 0.29) is 21.4 Å². The number of methoxy groups -OCH3 is 4. The topological polar surface area (TPSA) is 116 Å². The van der Waals surface area contributed by atoms with E-state index in [0.717, 1.165) is 0 Å². The van der Waals surface area contributed by atoms with Gasteiger partial charge in [-0.2, -0.15) is 0 Å². The fraction of sp³-hybridized carbons (Fsp3) is 0.147. The predicted molar refractivity (Wildman–Crippen MR) is 180 cm³/mol. The molecule has 0 aliphatic rings. The molecule has 1 heterocycles. The molecule has 11 nitrogen and oxygen atoms in total. The number of pyridine rings is 1. The number of rotatable bonds is 15. The SMILES string of the molecule is COc1ccccc1OP(OCc1ncccc1O)Oc1ccccc1OC.COc1ccccc1OPOc1ccccc1OC. The quantitative estimate of drug-likeness (QED) is 0.108. The van der Waals surface area contributed by atoms with Crippen LogP contribution in [0, 0.1) is 0 Å². The average molecular weight is 680 g/mol. The third kappa shape index (κ3) is 10.5.